The van der Waals surface area contributed by atoms with Gasteiger partial charge in [-0.1, -0.05) is 12.1 Å². The van der Waals surface area contributed by atoms with Crippen molar-refractivity contribution in [2.75, 3.05) is 29.9 Å². The minimum Gasteiger partial charge on any atom is -0.492 e. The van der Waals surface area contributed by atoms with Crippen LogP contribution in [0.25, 0.3) is 0 Å². The van der Waals surface area contributed by atoms with E-state index in [2.05, 4.69) is 11.4 Å². The first-order valence-electron chi connectivity index (χ1n) is 9.49. The minimum absolute atomic E-state index is 0.0741. The number of hydrogen-bond acceptors (Lipinski definition) is 6. The lowest BCUT2D eigenvalue weighted by atomic mass is 9.95. The van der Waals surface area contributed by atoms with Crippen LogP contribution in [0, 0.1) is 27.4 Å². The van der Waals surface area contributed by atoms with Gasteiger partial charge in [-0.25, -0.2) is 0 Å². The second-order valence-corrected chi connectivity index (χ2v) is 6.75. The number of para-hydroxylation sites is 2. The zero-order valence-electron chi connectivity index (χ0n) is 16.1. The van der Waals surface area contributed by atoms with Gasteiger partial charge in [0, 0.05) is 25.1 Å². The average molecular weight is 394 g/mol. The van der Waals surface area contributed by atoms with Crippen LogP contribution in [0.4, 0.5) is 17.1 Å². The Balaban J connectivity index is 1.67. The van der Waals surface area contributed by atoms with Crippen LogP contribution in [0.15, 0.2) is 42.5 Å². The van der Waals surface area contributed by atoms with Gasteiger partial charge < -0.3 is 15.0 Å². The van der Waals surface area contributed by atoms with Gasteiger partial charge in [0.2, 0.25) is 5.91 Å². The van der Waals surface area contributed by atoms with Gasteiger partial charge in [0.25, 0.3) is 5.69 Å². The summed E-state index contributed by atoms with van der Waals surface area (Å²) in [7, 11) is 0. The number of nitrogens with zero attached hydrogens (tertiary/aromatic N) is 3. The van der Waals surface area contributed by atoms with Crippen LogP contribution < -0.4 is 15.0 Å². The molecule has 1 aliphatic rings. The predicted octanol–water partition coefficient (Wildman–Crippen LogP) is 3.72. The first-order valence-corrected chi connectivity index (χ1v) is 9.49. The topological polar surface area (TPSA) is 108 Å². The average Bonchev–Trinajstić information content (AvgIpc) is 2.75. The molecule has 150 valence electrons. The lowest BCUT2D eigenvalue weighted by Crippen LogP contribution is -2.38. The Labute approximate surface area is 168 Å². The maximum atomic E-state index is 12.8. The van der Waals surface area contributed by atoms with E-state index in [0.717, 1.165) is 0 Å². The largest absolute Gasteiger partial charge is 0.492 e. The van der Waals surface area contributed by atoms with Crippen molar-refractivity contribution < 1.29 is 14.5 Å². The molecule has 1 fully saturated rings. The maximum Gasteiger partial charge on any atom is 0.292 e. The smallest absolute Gasteiger partial charge is 0.292 e. The molecule has 0 saturated carbocycles. The van der Waals surface area contributed by atoms with Crippen molar-refractivity contribution in [2.24, 2.45) is 5.92 Å². The van der Waals surface area contributed by atoms with Crippen molar-refractivity contribution in [3.05, 3.63) is 58.1 Å². The molecule has 3 rings (SSSR count). The molecule has 1 amide bonds. The second-order valence-electron chi connectivity index (χ2n) is 6.75. The number of anilines is 2. The van der Waals surface area contributed by atoms with E-state index >= 15 is 0 Å². The normalized spacial score (nSPS) is 14.1. The van der Waals surface area contributed by atoms with E-state index in [0.29, 0.717) is 55.2 Å². The van der Waals surface area contributed by atoms with E-state index in [-0.39, 0.29) is 22.4 Å². The van der Waals surface area contributed by atoms with Crippen LogP contribution >= 0.6 is 0 Å². The van der Waals surface area contributed by atoms with Crippen molar-refractivity contribution in [3.8, 4) is 11.8 Å². The first-order chi connectivity index (χ1) is 14.0. The molecule has 0 aliphatic carbocycles. The number of amides is 1. The second kappa shape index (κ2) is 9.06. The van der Waals surface area contributed by atoms with E-state index in [1.807, 2.05) is 11.8 Å². The summed E-state index contributed by atoms with van der Waals surface area (Å²) in [6.07, 6.45) is 1.17. The number of carbonyl (C=O) groups is 1. The molecule has 1 heterocycles. The predicted molar refractivity (Wildman–Crippen MR) is 109 cm³/mol. The van der Waals surface area contributed by atoms with Crippen molar-refractivity contribution in [1.82, 2.24) is 0 Å². The third kappa shape index (κ3) is 4.63. The summed E-state index contributed by atoms with van der Waals surface area (Å²) in [6.45, 7) is 3.41. The number of nitrogens with one attached hydrogen (secondary N) is 1. The Morgan fingerprint density at radius 1 is 1.31 bits per heavy atom. The van der Waals surface area contributed by atoms with Gasteiger partial charge >= 0.3 is 0 Å². The standard InChI is InChI=1S/C21H22N4O4/c1-2-29-20-8-7-15(14-22)13-17(20)23-21(26)16-9-11-24(12-10-16)18-5-3-4-6-19(18)25(27)28/h3-8,13,16H,2,9-12H2,1H3,(H,23,26). The zero-order valence-corrected chi connectivity index (χ0v) is 16.1. The fourth-order valence-electron chi connectivity index (χ4n) is 3.48. The Hall–Kier alpha value is -3.60. The van der Waals surface area contributed by atoms with Gasteiger partial charge in [-0.2, -0.15) is 5.26 Å². The number of rotatable bonds is 6. The molecular formula is C21H22N4O4. The minimum atomic E-state index is -0.383. The Bertz CT molecular complexity index is 946. The van der Waals surface area contributed by atoms with Gasteiger partial charge in [0.05, 0.1) is 28.9 Å². The maximum absolute atomic E-state index is 12.8. The van der Waals surface area contributed by atoms with Crippen molar-refractivity contribution >= 4 is 23.0 Å². The number of ether oxygens (including phenoxy) is 1. The highest BCUT2D eigenvalue weighted by Gasteiger charge is 2.28. The molecule has 2 aromatic carbocycles. The SMILES string of the molecule is CCOc1ccc(C#N)cc1NC(=O)C1CCN(c2ccccc2[N+](=O)[O-])CC1. The molecule has 0 bridgehead atoms. The van der Waals surface area contributed by atoms with Crippen LogP contribution in [0.5, 0.6) is 5.75 Å². The van der Waals surface area contributed by atoms with Crippen LogP contribution in [0.2, 0.25) is 0 Å². The van der Waals surface area contributed by atoms with Crippen molar-refractivity contribution in [2.45, 2.75) is 19.8 Å². The number of benzene rings is 2. The summed E-state index contributed by atoms with van der Waals surface area (Å²) in [5, 5.41) is 23.2. The van der Waals surface area contributed by atoms with Gasteiger partial charge in [-0.3, -0.25) is 14.9 Å². The lowest BCUT2D eigenvalue weighted by Gasteiger charge is -2.32. The highest BCUT2D eigenvalue weighted by Crippen LogP contribution is 2.32. The van der Waals surface area contributed by atoms with Gasteiger partial charge in [-0.05, 0) is 44.0 Å². The summed E-state index contributed by atoms with van der Waals surface area (Å²) in [4.78, 5) is 25.6. The molecule has 0 spiro atoms. The number of nitro benzene ring substituents is 1. The third-order valence-electron chi connectivity index (χ3n) is 4.95. The van der Waals surface area contributed by atoms with Gasteiger partial charge in [-0.15, -0.1) is 0 Å². The molecule has 0 aromatic heterocycles. The fraction of sp³-hybridized carbons (Fsp3) is 0.333. The van der Waals surface area contributed by atoms with E-state index in [1.54, 1.807) is 36.4 Å². The first kappa shape index (κ1) is 20.1. The molecule has 0 unspecified atom stereocenters. The van der Waals surface area contributed by atoms with Crippen LogP contribution in [0.3, 0.4) is 0 Å². The molecule has 29 heavy (non-hydrogen) atoms. The number of nitro groups is 1. The molecule has 0 radical (unpaired) electrons. The quantitative estimate of drug-likeness (QED) is 0.591. The third-order valence-corrected chi connectivity index (χ3v) is 4.95. The van der Waals surface area contributed by atoms with E-state index in [9.17, 15) is 14.9 Å². The summed E-state index contributed by atoms with van der Waals surface area (Å²) >= 11 is 0. The summed E-state index contributed by atoms with van der Waals surface area (Å²) in [5.41, 5.74) is 1.58. The highest BCUT2D eigenvalue weighted by atomic mass is 16.6. The van der Waals surface area contributed by atoms with Crippen molar-refractivity contribution in [3.63, 3.8) is 0 Å². The molecular weight excluding hydrogens is 372 g/mol. The van der Waals surface area contributed by atoms with E-state index < -0.39 is 0 Å². The fourth-order valence-corrected chi connectivity index (χ4v) is 3.48. The van der Waals surface area contributed by atoms with Crippen LogP contribution in [-0.4, -0.2) is 30.5 Å². The summed E-state index contributed by atoms with van der Waals surface area (Å²) < 4.78 is 5.54. The molecule has 1 N–H and O–H groups in total. The van der Waals surface area contributed by atoms with Crippen molar-refractivity contribution in [1.29, 1.82) is 5.26 Å². The Morgan fingerprint density at radius 3 is 2.69 bits per heavy atom. The van der Waals surface area contributed by atoms with Crippen LogP contribution in [0.1, 0.15) is 25.3 Å². The van der Waals surface area contributed by atoms with Crippen LogP contribution in [-0.2, 0) is 4.79 Å². The lowest BCUT2D eigenvalue weighted by molar-refractivity contribution is -0.384. The number of hydrogen-bond donors (Lipinski definition) is 1. The molecule has 1 saturated heterocycles. The molecule has 2 aromatic rings. The molecule has 8 nitrogen and oxygen atoms in total. The van der Waals surface area contributed by atoms with E-state index in [4.69, 9.17) is 10.00 Å². The molecule has 1 aliphatic heterocycles. The molecule has 0 atom stereocenters. The van der Waals surface area contributed by atoms with Gasteiger partial charge in [0.1, 0.15) is 11.4 Å². The Kier molecular flexibility index (Phi) is 6.29. The number of carbonyl (C=O) groups excluding carboxylic acids is 1. The van der Waals surface area contributed by atoms with E-state index in [1.165, 1.54) is 6.07 Å². The highest BCUT2D eigenvalue weighted by molar-refractivity contribution is 5.94. The molecule has 8 heteroatoms. The summed E-state index contributed by atoms with van der Waals surface area (Å²) in [5.74, 6) is 0.176. The van der Waals surface area contributed by atoms with Gasteiger partial charge in [0.15, 0.2) is 0 Å². The zero-order chi connectivity index (χ0) is 20.8. The monoisotopic (exact) mass is 394 g/mol. The summed E-state index contributed by atoms with van der Waals surface area (Å²) in [6, 6.07) is 13.6. The number of nitriles is 1. The Morgan fingerprint density at radius 2 is 2.03 bits per heavy atom. The number of piperidine rings is 1.